The van der Waals surface area contributed by atoms with Gasteiger partial charge in [0, 0.05) is 23.8 Å². The zero-order chi connectivity index (χ0) is 23.0. The van der Waals surface area contributed by atoms with Crippen LogP contribution >= 0.6 is 11.6 Å². The highest BCUT2D eigenvalue weighted by Gasteiger charge is 2.46. The van der Waals surface area contributed by atoms with Crippen molar-refractivity contribution in [2.45, 2.75) is 36.3 Å². The van der Waals surface area contributed by atoms with Gasteiger partial charge < -0.3 is 14.9 Å². The molecule has 1 saturated carbocycles. The minimum absolute atomic E-state index is 0.467. The molecule has 166 valence electrons. The Balaban J connectivity index is 2.50. The number of Topliss-reactive ketones (excluding diaryl/α,β-unsaturated/α-hetero) is 3. The summed E-state index contributed by atoms with van der Waals surface area (Å²) in [6, 6.07) is 1.77. The van der Waals surface area contributed by atoms with Crippen LogP contribution < -0.4 is 0 Å². The van der Waals surface area contributed by atoms with E-state index in [9.17, 15) is 46.2 Å². The van der Waals surface area contributed by atoms with Crippen molar-refractivity contribution in [1.82, 2.24) is 0 Å². The van der Waals surface area contributed by atoms with E-state index in [-0.39, 0.29) is 0 Å². The Morgan fingerprint density at radius 1 is 1.20 bits per heavy atom. The van der Waals surface area contributed by atoms with Crippen LogP contribution in [-0.4, -0.2) is 67.2 Å². The largest absolute Gasteiger partial charge is 0.411 e. The number of ether oxygens (including phenoxy) is 1. The van der Waals surface area contributed by atoms with Crippen LogP contribution in [0, 0.1) is 5.92 Å². The highest BCUT2D eigenvalue weighted by Crippen LogP contribution is 2.32. The summed E-state index contributed by atoms with van der Waals surface area (Å²) in [4.78, 5) is 36.5. The maximum absolute atomic E-state index is 12.8. The summed E-state index contributed by atoms with van der Waals surface area (Å²) in [5.41, 5.74) is -1.01. The smallest absolute Gasteiger partial charge is 0.385 e. The summed E-state index contributed by atoms with van der Waals surface area (Å²) in [6.45, 7) is -2.65. The summed E-state index contributed by atoms with van der Waals surface area (Å²) in [5.74, 6) is -5.67. The van der Waals surface area contributed by atoms with E-state index < -0.39 is 92.2 Å². The molecule has 1 aromatic rings. The van der Waals surface area contributed by atoms with E-state index in [1.54, 1.807) is 0 Å². The van der Waals surface area contributed by atoms with E-state index in [1.165, 1.54) is 0 Å². The van der Waals surface area contributed by atoms with Crippen LogP contribution in [0.2, 0.25) is 5.02 Å². The van der Waals surface area contributed by atoms with E-state index in [0.717, 1.165) is 18.4 Å². The van der Waals surface area contributed by atoms with Gasteiger partial charge in [-0.3, -0.25) is 14.4 Å². The average molecular weight is 473 g/mol. The molecule has 1 aromatic carbocycles. The van der Waals surface area contributed by atoms with Gasteiger partial charge in [0.2, 0.25) is 0 Å². The van der Waals surface area contributed by atoms with Crippen molar-refractivity contribution in [3.05, 3.63) is 28.3 Å². The highest BCUT2D eigenvalue weighted by molar-refractivity contribution is 7.90. The Labute approximate surface area is 173 Å². The van der Waals surface area contributed by atoms with Gasteiger partial charge in [-0.1, -0.05) is 11.6 Å². The van der Waals surface area contributed by atoms with Crippen molar-refractivity contribution in [1.29, 1.82) is 0 Å². The minimum Gasteiger partial charge on any atom is -0.385 e. The Kier molecular flexibility index (Phi) is 7.09. The Morgan fingerprint density at radius 3 is 2.20 bits per heavy atom. The molecule has 0 aliphatic heterocycles. The fourth-order valence-electron chi connectivity index (χ4n) is 2.93. The molecule has 0 amide bonds. The van der Waals surface area contributed by atoms with Crippen LogP contribution in [0.5, 0.6) is 0 Å². The van der Waals surface area contributed by atoms with Gasteiger partial charge in [0.15, 0.2) is 27.2 Å². The van der Waals surface area contributed by atoms with Gasteiger partial charge in [0.25, 0.3) is 0 Å². The molecular formula is C17H16ClF3O8S. The normalized spacial score (nSPS) is 23.0. The molecule has 0 spiro atoms. The second-order valence-corrected chi connectivity index (χ2v) is 9.02. The van der Waals surface area contributed by atoms with E-state index in [4.69, 9.17) is 11.6 Å². The number of hydrogen-bond donors (Lipinski definition) is 2. The van der Waals surface area contributed by atoms with Crippen molar-refractivity contribution in [2.24, 2.45) is 5.92 Å². The number of halogens is 4. The molecule has 2 unspecified atom stereocenters. The number of aliphatic hydroxyl groups excluding tert-OH is 2. The summed E-state index contributed by atoms with van der Waals surface area (Å²) >= 11 is 6.06. The molecule has 30 heavy (non-hydrogen) atoms. The second-order valence-electron chi connectivity index (χ2n) is 6.65. The number of alkyl halides is 3. The lowest BCUT2D eigenvalue weighted by molar-refractivity contribution is -0.176. The third-order valence-electron chi connectivity index (χ3n) is 4.31. The second kappa shape index (κ2) is 8.71. The SMILES string of the molecule is CS(=O)(=O)c1ccc(C(=O)C2C(=O)C(O)CC(O)C2=O)c(Cl)c1COCC(F)(F)F. The molecule has 1 aliphatic rings. The van der Waals surface area contributed by atoms with E-state index in [2.05, 4.69) is 4.74 Å². The molecule has 13 heteroatoms. The van der Waals surface area contributed by atoms with Crippen LogP contribution in [-0.2, 0) is 30.8 Å². The van der Waals surface area contributed by atoms with Crippen LogP contribution in [0.3, 0.4) is 0 Å². The number of aliphatic hydroxyl groups is 2. The van der Waals surface area contributed by atoms with E-state index in [1.807, 2.05) is 0 Å². The molecule has 1 aliphatic carbocycles. The van der Waals surface area contributed by atoms with Crippen LogP contribution in [0.1, 0.15) is 22.3 Å². The molecular weight excluding hydrogens is 457 g/mol. The minimum atomic E-state index is -4.71. The lowest BCUT2D eigenvalue weighted by Gasteiger charge is -2.26. The number of sulfone groups is 1. The molecule has 0 bridgehead atoms. The zero-order valence-electron chi connectivity index (χ0n) is 15.3. The predicted molar refractivity (Wildman–Crippen MR) is 94.7 cm³/mol. The van der Waals surface area contributed by atoms with Gasteiger partial charge >= 0.3 is 6.18 Å². The van der Waals surface area contributed by atoms with E-state index in [0.29, 0.717) is 0 Å². The molecule has 2 atom stereocenters. The lowest BCUT2D eigenvalue weighted by Crippen LogP contribution is -2.50. The van der Waals surface area contributed by atoms with Gasteiger partial charge in [-0.05, 0) is 12.1 Å². The lowest BCUT2D eigenvalue weighted by atomic mass is 9.78. The average Bonchev–Trinajstić information content (AvgIpc) is 2.59. The monoisotopic (exact) mass is 472 g/mol. The number of carbonyl (C=O) groups excluding carboxylic acids is 3. The predicted octanol–water partition coefficient (Wildman–Crippen LogP) is 0.885. The van der Waals surface area contributed by atoms with Gasteiger partial charge in [0.1, 0.15) is 24.7 Å². The molecule has 0 heterocycles. The van der Waals surface area contributed by atoms with Crippen LogP contribution in [0.4, 0.5) is 13.2 Å². The standard InChI is InChI=1S/C17H16ClF3O8S/c1-30(27,28)11-3-2-7(13(18)8(11)5-29-6-17(19,20)21)14(24)12-15(25)9(22)4-10(23)16(12)26/h2-3,9-10,12,22-23H,4-6H2,1H3. The number of ketones is 3. The van der Waals surface area contributed by atoms with Crippen molar-refractivity contribution in [3.8, 4) is 0 Å². The van der Waals surface area contributed by atoms with Gasteiger partial charge in [-0.25, -0.2) is 8.42 Å². The first-order valence-corrected chi connectivity index (χ1v) is 10.6. The van der Waals surface area contributed by atoms with Crippen LogP contribution in [0.25, 0.3) is 0 Å². The van der Waals surface area contributed by atoms with Crippen molar-refractivity contribution in [3.63, 3.8) is 0 Å². The molecule has 0 aromatic heterocycles. The Morgan fingerprint density at radius 2 is 1.73 bits per heavy atom. The number of rotatable bonds is 6. The van der Waals surface area contributed by atoms with Gasteiger partial charge in [-0.15, -0.1) is 0 Å². The summed E-state index contributed by atoms with van der Waals surface area (Å²) in [7, 11) is -4.00. The maximum Gasteiger partial charge on any atom is 0.411 e. The van der Waals surface area contributed by atoms with Gasteiger partial charge in [-0.2, -0.15) is 13.2 Å². The topological polar surface area (TPSA) is 135 Å². The fraction of sp³-hybridized carbons (Fsp3) is 0.471. The molecule has 0 radical (unpaired) electrons. The van der Waals surface area contributed by atoms with Crippen molar-refractivity contribution < 1.29 is 50.9 Å². The Hall–Kier alpha value is -1.86. The third kappa shape index (κ3) is 5.24. The summed E-state index contributed by atoms with van der Waals surface area (Å²) in [6.07, 6.45) is -8.10. The number of carbonyl (C=O) groups is 3. The summed E-state index contributed by atoms with van der Waals surface area (Å²) < 4.78 is 65.4. The quantitative estimate of drug-likeness (QED) is 0.460. The fourth-order valence-corrected chi connectivity index (χ4v) is 4.22. The van der Waals surface area contributed by atoms with Crippen molar-refractivity contribution >= 4 is 38.8 Å². The molecule has 2 N–H and O–H groups in total. The first-order valence-electron chi connectivity index (χ1n) is 8.29. The third-order valence-corrected chi connectivity index (χ3v) is 5.93. The van der Waals surface area contributed by atoms with Crippen LogP contribution in [0.15, 0.2) is 17.0 Å². The molecule has 8 nitrogen and oxygen atoms in total. The number of benzene rings is 1. The zero-order valence-corrected chi connectivity index (χ0v) is 16.8. The Bertz CT molecular complexity index is 969. The van der Waals surface area contributed by atoms with E-state index >= 15 is 0 Å². The molecule has 2 rings (SSSR count). The first kappa shape index (κ1) is 24.4. The van der Waals surface area contributed by atoms with Gasteiger partial charge in [0.05, 0.1) is 16.5 Å². The number of hydrogen-bond acceptors (Lipinski definition) is 8. The maximum atomic E-state index is 12.8. The summed E-state index contributed by atoms with van der Waals surface area (Å²) in [5, 5.41) is 18.7. The molecule has 1 fully saturated rings. The molecule has 0 saturated heterocycles. The first-order chi connectivity index (χ1) is 13.6. The van der Waals surface area contributed by atoms with Crippen molar-refractivity contribution in [2.75, 3.05) is 12.9 Å². The highest BCUT2D eigenvalue weighted by atomic mass is 35.5.